The Bertz CT molecular complexity index is 1310. The second-order valence-corrected chi connectivity index (χ2v) is 7.41. The normalized spacial score (nSPS) is 16.6. The highest BCUT2D eigenvalue weighted by atomic mass is 16.6. The van der Waals surface area contributed by atoms with E-state index in [2.05, 4.69) is 0 Å². The van der Waals surface area contributed by atoms with E-state index in [0.29, 0.717) is 16.7 Å². The number of hydrogen-bond donors (Lipinski definition) is 0. The van der Waals surface area contributed by atoms with Crippen molar-refractivity contribution in [1.82, 2.24) is 0 Å². The minimum Gasteiger partial charge on any atom is -0.493 e. The summed E-state index contributed by atoms with van der Waals surface area (Å²) in [6.45, 7) is 2.43. The van der Waals surface area contributed by atoms with Crippen LogP contribution in [-0.4, -0.2) is 38.9 Å². The fraction of sp³-hybridized carbons (Fsp3) is 0.292. The van der Waals surface area contributed by atoms with Gasteiger partial charge in [0.15, 0.2) is 35.0 Å². The molecule has 1 aliphatic heterocycles. The Balaban J connectivity index is 1.84. The molecule has 4 rings (SSSR count). The maximum absolute atomic E-state index is 11.9. The van der Waals surface area contributed by atoms with Crippen molar-refractivity contribution >= 4 is 22.9 Å². The number of rotatable bonds is 6. The predicted octanol–water partition coefficient (Wildman–Crippen LogP) is 3.18. The zero-order valence-electron chi connectivity index (χ0n) is 18.9. The number of fused-ring (bicyclic) bond motifs is 3. The zero-order chi connectivity index (χ0) is 24.4. The van der Waals surface area contributed by atoms with Crippen molar-refractivity contribution in [1.29, 1.82) is 0 Å². The summed E-state index contributed by atoms with van der Waals surface area (Å²) in [5.41, 5.74) is 0.196. The lowest BCUT2D eigenvalue weighted by molar-refractivity contribution is -0.145. The van der Waals surface area contributed by atoms with E-state index in [-0.39, 0.29) is 35.2 Å². The standard InChI is InChI=1S/C24H22O10/c1-12(25)30-11-19-21(14-5-7-16(31-13(2)26)17(9-14)28-3)34-24-22-15(6-8-20(27)33-22)10-18(29-4)23(24)32-19/h5-10,19,21H,11H2,1-4H3/t19-,21-/m0/s1. The van der Waals surface area contributed by atoms with Crippen LogP contribution in [0.3, 0.4) is 0 Å². The monoisotopic (exact) mass is 470 g/mol. The molecule has 0 bridgehead atoms. The lowest BCUT2D eigenvalue weighted by Crippen LogP contribution is -2.37. The van der Waals surface area contributed by atoms with Crippen LogP contribution in [0.5, 0.6) is 28.7 Å². The summed E-state index contributed by atoms with van der Waals surface area (Å²) in [4.78, 5) is 34.8. The highest BCUT2D eigenvalue weighted by Crippen LogP contribution is 2.50. The molecule has 34 heavy (non-hydrogen) atoms. The summed E-state index contributed by atoms with van der Waals surface area (Å²) in [7, 11) is 2.90. The SMILES string of the molecule is COc1cc([C@@H]2Oc3c(c(OC)cc4ccc(=O)oc34)O[C@H]2COC(C)=O)ccc1OC(C)=O. The van der Waals surface area contributed by atoms with Gasteiger partial charge in [-0.05, 0) is 24.3 Å². The van der Waals surface area contributed by atoms with Crippen LogP contribution in [0.1, 0.15) is 25.5 Å². The molecule has 0 radical (unpaired) electrons. The third-order valence-electron chi connectivity index (χ3n) is 5.08. The van der Waals surface area contributed by atoms with E-state index in [1.54, 1.807) is 30.3 Å². The van der Waals surface area contributed by atoms with Gasteiger partial charge in [-0.25, -0.2) is 4.79 Å². The van der Waals surface area contributed by atoms with E-state index in [1.807, 2.05) is 0 Å². The topological polar surface area (TPSA) is 120 Å². The third-order valence-corrected chi connectivity index (χ3v) is 5.08. The molecule has 10 nitrogen and oxygen atoms in total. The molecule has 0 amide bonds. The molecule has 178 valence electrons. The van der Waals surface area contributed by atoms with Crippen molar-refractivity contribution < 1.29 is 42.4 Å². The minimum atomic E-state index is -0.812. The van der Waals surface area contributed by atoms with E-state index >= 15 is 0 Å². The smallest absolute Gasteiger partial charge is 0.336 e. The number of ether oxygens (including phenoxy) is 6. The van der Waals surface area contributed by atoms with Crippen LogP contribution in [0.4, 0.5) is 0 Å². The highest BCUT2D eigenvalue weighted by Gasteiger charge is 2.38. The molecular formula is C24H22O10. The van der Waals surface area contributed by atoms with E-state index in [0.717, 1.165) is 0 Å². The molecule has 10 heteroatoms. The quantitative estimate of drug-likeness (QED) is 0.302. The van der Waals surface area contributed by atoms with E-state index in [1.165, 1.54) is 34.1 Å². The summed E-state index contributed by atoms with van der Waals surface area (Å²) in [6.07, 6.45) is -1.60. The molecule has 0 unspecified atom stereocenters. The lowest BCUT2D eigenvalue weighted by atomic mass is 10.0. The molecule has 2 heterocycles. The minimum absolute atomic E-state index is 0.132. The fourth-order valence-corrected chi connectivity index (χ4v) is 3.63. The lowest BCUT2D eigenvalue weighted by Gasteiger charge is -2.34. The van der Waals surface area contributed by atoms with E-state index in [9.17, 15) is 14.4 Å². The average molecular weight is 470 g/mol. The second-order valence-electron chi connectivity index (χ2n) is 7.41. The Hall–Kier alpha value is -4.21. The van der Waals surface area contributed by atoms with Crippen molar-refractivity contribution in [2.45, 2.75) is 26.1 Å². The molecule has 1 aromatic heterocycles. The summed E-state index contributed by atoms with van der Waals surface area (Å²) in [6, 6.07) is 9.37. The zero-order valence-corrected chi connectivity index (χ0v) is 18.9. The van der Waals surface area contributed by atoms with Gasteiger partial charge in [-0.1, -0.05) is 6.07 Å². The number of methoxy groups -OCH3 is 2. The molecule has 0 saturated heterocycles. The van der Waals surface area contributed by atoms with Crippen molar-refractivity contribution in [2.24, 2.45) is 0 Å². The van der Waals surface area contributed by atoms with Gasteiger partial charge in [0, 0.05) is 30.9 Å². The number of hydrogen-bond acceptors (Lipinski definition) is 10. The Labute approximate surface area is 193 Å². The molecule has 0 aliphatic carbocycles. The van der Waals surface area contributed by atoms with Crippen LogP contribution in [0, 0.1) is 0 Å². The van der Waals surface area contributed by atoms with Crippen molar-refractivity contribution in [3.8, 4) is 28.7 Å². The predicted molar refractivity (Wildman–Crippen MR) is 118 cm³/mol. The Morgan fingerprint density at radius 3 is 2.32 bits per heavy atom. The molecule has 0 N–H and O–H groups in total. The average Bonchev–Trinajstić information content (AvgIpc) is 2.81. The fourth-order valence-electron chi connectivity index (χ4n) is 3.63. The van der Waals surface area contributed by atoms with Gasteiger partial charge in [-0.3, -0.25) is 9.59 Å². The van der Waals surface area contributed by atoms with Crippen LogP contribution in [0.15, 0.2) is 45.6 Å². The maximum Gasteiger partial charge on any atom is 0.336 e. The largest absolute Gasteiger partial charge is 0.493 e. The van der Waals surface area contributed by atoms with Gasteiger partial charge in [0.25, 0.3) is 0 Å². The molecule has 2 atom stereocenters. The third kappa shape index (κ3) is 4.47. The van der Waals surface area contributed by atoms with Gasteiger partial charge in [-0.15, -0.1) is 0 Å². The second kappa shape index (κ2) is 9.34. The van der Waals surface area contributed by atoms with Gasteiger partial charge >= 0.3 is 17.6 Å². The van der Waals surface area contributed by atoms with Crippen molar-refractivity contribution in [3.05, 3.63) is 52.4 Å². The first-order valence-electron chi connectivity index (χ1n) is 10.3. The summed E-state index contributed by atoms with van der Waals surface area (Å²) < 4.78 is 39.1. The number of benzene rings is 2. The first-order chi connectivity index (χ1) is 16.3. The van der Waals surface area contributed by atoms with Gasteiger partial charge in [-0.2, -0.15) is 0 Å². The molecule has 0 saturated carbocycles. The van der Waals surface area contributed by atoms with Gasteiger partial charge in [0.1, 0.15) is 6.61 Å². The van der Waals surface area contributed by atoms with Gasteiger partial charge in [0.2, 0.25) is 11.5 Å². The van der Waals surface area contributed by atoms with E-state index in [4.69, 9.17) is 32.8 Å². The molecule has 0 spiro atoms. The first kappa shape index (κ1) is 23.0. The molecule has 3 aromatic rings. The van der Waals surface area contributed by atoms with Crippen LogP contribution in [0.25, 0.3) is 11.0 Å². The van der Waals surface area contributed by atoms with Crippen LogP contribution in [-0.2, 0) is 14.3 Å². The molecule has 1 aliphatic rings. The van der Waals surface area contributed by atoms with E-state index < -0.39 is 29.8 Å². The molecular weight excluding hydrogens is 448 g/mol. The summed E-state index contributed by atoms with van der Waals surface area (Å²) >= 11 is 0. The molecule has 2 aromatic carbocycles. The van der Waals surface area contributed by atoms with Gasteiger partial charge < -0.3 is 32.8 Å². The Kier molecular flexibility index (Phi) is 6.31. The van der Waals surface area contributed by atoms with Crippen LogP contribution >= 0.6 is 0 Å². The Morgan fingerprint density at radius 1 is 0.882 bits per heavy atom. The summed E-state index contributed by atoms with van der Waals surface area (Å²) in [5.74, 6) is 0.248. The first-order valence-corrected chi connectivity index (χ1v) is 10.3. The Morgan fingerprint density at radius 2 is 1.65 bits per heavy atom. The van der Waals surface area contributed by atoms with Crippen molar-refractivity contribution in [3.63, 3.8) is 0 Å². The number of carbonyl (C=O) groups is 2. The highest BCUT2D eigenvalue weighted by molar-refractivity contribution is 5.88. The maximum atomic E-state index is 11.9. The molecule has 0 fully saturated rings. The van der Waals surface area contributed by atoms with Crippen molar-refractivity contribution in [2.75, 3.05) is 20.8 Å². The number of carbonyl (C=O) groups excluding carboxylic acids is 2. The summed E-state index contributed by atoms with van der Waals surface area (Å²) in [5, 5.41) is 0.568. The van der Waals surface area contributed by atoms with Crippen LogP contribution in [0.2, 0.25) is 0 Å². The van der Waals surface area contributed by atoms with Gasteiger partial charge in [0.05, 0.1) is 14.2 Å². The number of esters is 2. The van der Waals surface area contributed by atoms with Crippen LogP contribution < -0.4 is 29.3 Å².